The summed E-state index contributed by atoms with van der Waals surface area (Å²) in [5, 5.41) is 2.58. The Hall–Kier alpha value is -1.42. The van der Waals surface area contributed by atoms with E-state index in [2.05, 4.69) is 52.3 Å². The molecule has 0 spiro atoms. The number of piperazine rings is 3. The number of nitrogens with zero attached hydrogens (tertiary/aromatic N) is 2. The molecule has 3 heterocycles. The van der Waals surface area contributed by atoms with Gasteiger partial charge in [0.25, 0.3) is 0 Å². The first-order chi connectivity index (χ1) is 9.81. The Labute approximate surface area is 120 Å². The average molecular weight is 267 g/mol. The van der Waals surface area contributed by atoms with Crippen molar-refractivity contribution in [2.75, 3.05) is 32.7 Å². The number of nitrogens with two attached hydrogens (primary N) is 1. The van der Waals surface area contributed by atoms with Crippen LogP contribution in [0.5, 0.6) is 0 Å². The van der Waals surface area contributed by atoms with E-state index in [1.54, 1.807) is 0 Å². The van der Waals surface area contributed by atoms with Gasteiger partial charge in [-0.3, -0.25) is 9.80 Å². The largest absolute Gasteiger partial charge is 0.323 e. The molecule has 3 heteroatoms. The second-order valence-corrected chi connectivity index (χ2v) is 6.04. The standard InChI is InChI=1S/C17H21N3/c18-17(16-12-19-7-9-20(16)10-8-19)15-6-5-13-3-1-2-4-14(13)11-15/h1-6,11,16-17H,7-10,12,18H2. The Morgan fingerprint density at radius 3 is 2.40 bits per heavy atom. The molecule has 2 aromatic rings. The smallest absolute Gasteiger partial charge is 0.0465 e. The number of hydrogen-bond donors (Lipinski definition) is 1. The van der Waals surface area contributed by atoms with E-state index in [1.807, 2.05) is 0 Å². The third-order valence-electron chi connectivity index (χ3n) is 4.89. The molecule has 3 aliphatic rings. The number of fused-ring (bicyclic) bond motifs is 4. The van der Waals surface area contributed by atoms with Gasteiger partial charge in [0.2, 0.25) is 0 Å². The van der Waals surface area contributed by atoms with Gasteiger partial charge in [-0.2, -0.15) is 0 Å². The van der Waals surface area contributed by atoms with Gasteiger partial charge in [0.15, 0.2) is 0 Å². The average Bonchev–Trinajstić information content (AvgIpc) is 2.54. The Kier molecular flexibility index (Phi) is 2.99. The number of hydrogen-bond acceptors (Lipinski definition) is 3. The van der Waals surface area contributed by atoms with Gasteiger partial charge in [-0.05, 0) is 22.4 Å². The molecule has 2 aromatic carbocycles. The molecule has 3 fully saturated rings. The van der Waals surface area contributed by atoms with E-state index >= 15 is 0 Å². The molecule has 5 rings (SSSR count). The summed E-state index contributed by atoms with van der Waals surface area (Å²) in [6.45, 7) is 5.88. The van der Waals surface area contributed by atoms with E-state index in [-0.39, 0.29) is 6.04 Å². The summed E-state index contributed by atoms with van der Waals surface area (Å²) in [6, 6.07) is 15.7. The topological polar surface area (TPSA) is 32.5 Å². The van der Waals surface area contributed by atoms with E-state index in [0.717, 1.165) is 6.54 Å². The predicted molar refractivity (Wildman–Crippen MR) is 82.7 cm³/mol. The highest BCUT2D eigenvalue weighted by Gasteiger charge is 2.35. The first kappa shape index (κ1) is 12.3. The molecule has 3 aliphatic heterocycles. The fraction of sp³-hybridized carbons (Fsp3) is 0.412. The van der Waals surface area contributed by atoms with E-state index in [4.69, 9.17) is 5.73 Å². The molecule has 2 bridgehead atoms. The summed E-state index contributed by atoms with van der Waals surface area (Å²) in [4.78, 5) is 5.12. The minimum atomic E-state index is 0.114. The van der Waals surface area contributed by atoms with Crippen LogP contribution in [0, 0.1) is 0 Å². The van der Waals surface area contributed by atoms with Crippen LogP contribution in [-0.2, 0) is 0 Å². The molecular formula is C17H21N3. The normalized spacial score (nSPS) is 30.6. The number of rotatable bonds is 2. The van der Waals surface area contributed by atoms with E-state index in [1.165, 1.54) is 42.5 Å². The maximum absolute atomic E-state index is 6.58. The van der Waals surface area contributed by atoms with Crippen LogP contribution in [0.4, 0.5) is 0 Å². The van der Waals surface area contributed by atoms with Crippen LogP contribution in [0.15, 0.2) is 42.5 Å². The van der Waals surface area contributed by atoms with Gasteiger partial charge >= 0.3 is 0 Å². The predicted octanol–water partition coefficient (Wildman–Crippen LogP) is 1.84. The van der Waals surface area contributed by atoms with Gasteiger partial charge in [0, 0.05) is 44.8 Å². The van der Waals surface area contributed by atoms with Gasteiger partial charge in [0.1, 0.15) is 0 Å². The van der Waals surface area contributed by atoms with Crippen molar-refractivity contribution in [3.8, 4) is 0 Å². The van der Waals surface area contributed by atoms with Crippen LogP contribution < -0.4 is 5.73 Å². The van der Waals surface area contributed by atoms with Crippen molar-refractivity contribution < 1.29 is 0 Å². The highest BCUT2D eigenvalue weighted by atomic mass is 15.3. The Balaban J connectivity index is 1.64. The quantitative estimate of drug-likeness (QED) is 0.901. The van der Waals surface area contributed by atoms with Crippen molar-refractivity contribution in [1.82, 2.24) is 9.80 Å². The van der Waals surface area contributed by atoms with E-state index in [9.17, 15) is 0 Å². The highest BCUT2D eigenvalue weighted by Crippen LogP contribution is 2.27. The zero-order valence-electron chi connectivity index (χ0n) is 11.7. The van der Waals surface area contributed by atoms with Gasteiger partial charge in [0.05, 0.1) is 0 Å². The van der Waals surface area contributed by atoms with Crippen molar-refractivity contribution in [2.24, 2.45) is 5.73 Å². The summed E-state index contributed by atoms with van der Waals surface area (Å²) in [5.41, 5.74) is 7.85. The fourth-order valence-corrected chi connectivity index (χ4v) is 3.64. The van der Waals surface area contributed by atoms with Crippen molar-refractivity contribution in [3.05, 3.63) is 48.0 Å². The zero-order chi connectivity index (χ0) is 13.5. The molecule has 0 radical (unpaired) electrons. The third-order valence-corrected chi connectivity index (χ3v) is 4.89. The molecule has 104 valence electrons. The minimum Gasteiger partial charge on any atom is -0.323 e. The molecule has 2 unspecified atom stereocenters. The lowest BCUT2D eigenvalue weighted by Gasteiger charge is -2.49. The van der Waals surface area contributed by atoms with Crippen molar-refractivity contribution in [1.29, 1.82) is 0 Å². The summed E-state index contributed by atoms with van der Waals surface area (Å²) >= 11 is 0. The maximum atomic E-state index is 6.58. The van der Waals surface area contributed by atoms with Crippen LogP contribution in [0.25, 0.3) is 10.8 Å². The van der Waals surface area contributed by atoms with Gasteiger partial charge in [-0.25, -0.2) is 0 Å². The number of benzene rings is 2. The van der Waals surface area contributed by atoms with Crippen LogP contribution >= 0.6 is 0 Å². The third kappa shape index (κ3) is 2.03. The van der Waals surface area contributed by atoms with Crippen LogP contribution in [-0.4, -0.2) is 48.6 Å². The monoisotopic (exact) mass is 267 g/mol. The lowest BCUT2D eigenvalue weighted by Crippen LogP contribution is -2.63. The molecule has 0 amide bonds. The summed E-state index contributed by atoms with van der Waals surface area (Å²) in [5.74, 6) is 0. The first-order valence-corrected chi connectivity index (χ1v) is 7.52. The molecular weight excluding hydrogens is 246 g/mol. The second-order valence-electron chi connectivity index (χ2n) is 6.04. The molecule has 2 N–H and O–H groups in total. The van der Waals surface area contributed by atoms with Crippen molar-refractivity contribution >= 4 is 10.8 Å². The SMILES string of the molecule is NC(c1ccc2ccccc2c1)C1CN2CCN1CC2. The maximum Gasteiger partial charge on any atom is 0.0465 e. The van der Waals surface area contributed by atoms with Gasteiger partial charge in [-0.15, -0.1) is 0 Å². The van der Waals surface area contributed by atoms with Crippen LogP contribution in [0.3, 0.4) is 0 Å². The summed E-state index contributed by atoms with van der Waals surface area (Å²) < 4.78 is 0. The van der Waals surface area contributed by atoms with E-state index in [0.29, 0.717) is 6.04 Å². The Morgan fingerprint density at radius 1 is 0.950 bits per heavy atom. The molecule has 2 atom stereocenters. The summed E-state index contributed by atoms with van der Waals surface area (Å²) in [7, 11) is 0. The molecule has 0 saturated carbocycles. The first-order valence-electron chi connectivity index (χ1n) is 7.52. The van der Waals surface area contributed by atoms with Crippen molar-refractivity contribution in [2.45, 2.75) is 12.1 Å². The minimum absolute atomic E-state index is 0.114. The van der Waals surface area contributed by atoms with Crippen molar-refractivity contribution in [3.63, 3.8) is 0 Å². The van der Waals surface area contributed by atoms with Gasteiger partial charge < -0.3 is 5.73 Å². The molecule has 0 aliphatic carbocycles. The molecule has 0 aromatic heterocycles. The second kappa shape index (κ2) is 4.85. The lowest BCUT2D eigenvalue weighted by molar-refractivity contribution is 0.00216. The highest BCUT2D eigenvalue weighted by molar-refractivity contribution is 5.83. The van der Waals surface area contributed by atoms with E-state index < -0.39 is 0 Å². The molecule has 3 saturated heterocycles. The Bertz CT molecular complexity index is 616. The molecule has 3 nitrogen and oxygen atoms in total. The van der Waals surface area contributed by atoms with Crippen LogP contribution in [0.1, 0.15) is 11.6 Å². The van der Waals surface area contributed by atoms with Crippen LogP contribution in [0.2, 0.25) is 0 Å². The lowest BCUT2D eigenvalue weighted by atomic mass is 9.93. The zero-order valence-corrected chi connectivity index (χ0v) is 11.7. The fourth-order valence-electron chi connectivity index (χ4n) is 3.64. The Morgan fingerprint density at radius 2 is 1.70 bits per heavy atom. The van der Waals surface area contributed by atoms with Gasteiger partial charge in [-0.1, -0.05) is 36.4 Å². The summed E-state index contributed by atoms with van der Waals surface area (Å²) in [6.07, 6.45) is 0. The molecule has 20 heavy (non-hydrogen) atoms.